The molecular formula is C15H15N3O. The van der Waals surface area contributed by atoms with E-state index < -0.39 is 0 Å². The molecule has 0 spiro atoms. The largest absolute Gasteiger partial charge is 0.418 e. The van der Waals surface area contributed by atoms with E-state index in [-0.39, 0.29) is 0 Å². The zero-order valence-electron chi connectivity index (χ0n) is 11.2. The Morgan fingerprint density at radius 3 is 2.37 bits per heavy atom. The van der Waals surface area contributed by atoms with Gasteiger partial charge in [0.1, 0.15) is 5.52 Å². The van der Waals surface area contributed by atoms with Crippen LogP contribution in [0.2, 0.25) is 0 Å². The lowest BCUT2D eigenvalue weighted by Crippen LogP contribution is -2.07. The van der Waals surface area contributed by atoms with Gasteiger partial charge in [-0.2, -0.15) is 0 Å². The first kappa shape index (κ1) is 11.7. The molecule has 19 heavy (non-hydrogen) atoms. The average molecular weight is 253 g/mol. The van der Waals surface area contributed by atoms with Gasteiger partial charge in [0, 0.05) is 31.0 Å². The molecule has 2 aromatic heterocycles. The molecule has 0 radical (unpaired) electrons. The molecular weight excluding hydrogens is 238 g/mol. The molecule has 96 valence electrons. The molecule has 0 atom stereocenters. The monoisotopic (exact) mass is 253 g/mol. The number of aromatic nitrogens is 2. The number of nitrogens with zero attached hydrogens (tertiary/aromatic N) is 3. The Morgan fingerprint density at radius 2 is 1.68 bits per heavy atom. The summed E-state index contributed by atoms with van der Waals surface area (Å²) in [4.78, 5) is 10.8. The van der Waals surface area contributed by atoms with Crippen molar-refractivity contribution >= 4 is 16.9 Å². The summed E-state index contributed by atoms with van der Waals surface area (Å²) in [5.41, 5.74) is 4.41. The number of hydrogen-bond acceptors (Lipinski definition) is 4. The maximum absolute atomic E-state index is 5.70. The number of hydrogen-bond donors (Lipinski definition) is 0. The molecule has 0 unspecified atom stereocenters. The van der Waals surface area contributed by atoms with E-state index in [4.69, 9.17) is 4.42 Å². The Bertz CT molecular complexity index is 714. The highest BCUT2D eigenvalue weighted by Crippen LogP contribution is 2.25. The Hall–Kier alpha value is -2.36. The Labute approximate surface area is 111 Å². The van der Waals surface area contributed by atoms with Crippen molar-refractivity contribution in [1.82, 2.24) is 9.97 Å². The molecule has 0 aliphatic heterocycles. The number of rotatable bonds is 2. The molecule has 0 amide bonds. The van der Waals surface area contributed by atoms with E-state index in [1.165, 1.54) is 0 Å². The van der Waals surface area contributed by atoms with Crippen molar-refractivity contribution in [1.29, 1.82) is 0 Å². The standard InChI is InChI=1S/C15H15N3O/c1-10-4-9-13-15(16-10)19-14(17-13)11-5-7-12(8-6-11)18(2)3/h4-9H,1-3H3. The van der Waals surface area contributed by atoms with Gasteiger partial charge in [0.25, 0.3) is 0 Å². The fourth-order valence-electron chi connectivity index (χ4n) is 1.94. The fraction of sp³-hybridized carbons (Fsp3) is 0.200. The van der Waals surface area contributed by atoms with Gasteiger partial charge in [0.15, 0.2) is 0 Å². The topological polar surface area (TPSA) is 42.2 Å². The summed E-state index contributed by atoms with van der Waals surface area (Å²) in [6.07, 6.45) is 0. The minimum absolute atomic E-state index is 0.590. The first-order valence-electron chi connectivity index (χ1n) is 6.15. The second kappa shape index (κ2) is 4.39. The minimum Gasteiger partial charge on any atom is -0.418 e. The lowest BCUT2D eigenvalue weighted by molar-refractivity contribution is 0.607. The second-order valence-electron chi connectivity index (χ2n) is 4.74. The quantitative estimate of drug-likeness (QED) is 0.703. The molecule has 0 saturated carbocycles. The third-order valence-electron chi connectivity index (χ3n) is 3.03. The predicted molar refractivity (Wildman–Crippen MR) is 76.3 cm³/mol. The van der Waals surface area contributed by atoms with E-state index in [1.807, 2.05) is 57.4 Å². The number of pyridine rings is 1. The zero-order chi connectivity index (χ0) is 13.4. The summed E-state index contributed by atoms with van der Waals surface area (Å²) in [6.45, 7) is 1.94. The van der Waals surface area contributed by atoms with Crippen LogP contribution in [0.1, 0.15) is 5.69 Å². The van der Waals surface area contributed by atoms with Gasteiger partial charge >= 0.3 is 0 Å². The Kier molecular flexibility index (Phi) is 2.71. The molecule has 1 aromatic carbocycles. The Morgan fingerprint density at radius 1 is 0.947 bits per heavy atom. The summed E-state index contributed by atoms with van der Waals surface area (Å²) >= 11 is 0. The molecule has 4 nitrogen and oxygen atoms in total. The summed E-state index contributed by atoms with van der Waals surface area (Å²) in [6, 6.07) is 12.0. The predicted octanol–water partition coefficient (Wildman–Crippen LogP) is 3.26. The van der Waals surface area contributed by atoms with Gasteiger partial charge in [-0.05, 0) is 43.3 Å². The molecule has 0 aliphatic carbocycles. The lowest BCUT2D eigenvalue weighted by atomic mass is 10.2. The highest BCUT2D eigenvalue weighted by molar-refractivity contribution is 5.73. The van der Waals surface area contributed by atoms with E-state index in [9.17, 15) is 0 Å². The van der Waals surface area contributed by atoms with E-state index in [0.29, 0.717) is 11.6 Å². The lowest BCUT2D eigenvalue weighted by Gasteiger charge is -2.11. The van der Waals surface area contributed by atoms with E-state index >= 15 is 0 Å². The molecule has 0 bridgehead atoms. The Balaban J connectivity index is 2.03. The van der Waals surface area contributed by atoms with Gasteiger partial charge in [0.05, 0.1) is 0 Å². The van der Waals surface area contributed by atoms with Gasteiger partial charge in [-0.3, -0.25) is 0 Å². The number of anilines is 1. The van der Waals surface area contributed by atoms with Crippen LogP contribution >= 0.6 is 0 Å². The maximum Gasteiger partial charge on any atom is 0.247 e. The van der Waals surface area contributed by atoms with Gasteiger partial charge < -0.3 is 9.32 Å². The molecule has 0 aliphatic rings. The van der Waals surface area contributed by atoms with Crippen molar-refractivity contribution < 1.29 is 4.42 Å². The molecule has 4 heteroatoms. The summed E-state index contributed by atoms with van der Waals surface area (Å²) < 4.78 is 5.70. The number of fused-ring (bicyclic) bond motifs is 1. The number of oxazole rings is 1. The average Bonchev–Trinajstić information content (AvgIpc) is 2.81. The zero-order valence-corrected chi connectivity index (χ0v) is 11.2. The summed E-state index contributed by atoms with van der Waals surface area (Å²) in [7, 11) is 4.03. The van der Waals surface area contributed by atoms with Crippen LogP contribution in [-0.4, -0.2) is 24.1 Å². The molecule has 2 heterocycles. The molecule has 0 saturated heterocycles. The fourth-order valence-corrected chi connectivity index (χ4v) is 1.94. The van der Waals surface area contributed by atoms with Crippen LogP contribution in [0.3, 0.4) is 0 Å². The van der Waals surface area contributed by atoms with Crippen molar-refractivity contribution in [3.05, 3.63) is 42.1 Å². The smallest absolute Gasteiger partial charge is 0.247 e. The van der Waals surface area contributed by atoms with Crippen LogP contribution in [0.15, 0.2) is 40.8 Å². The minimum atomic E-state index is 0.590. The SMILES string of the molecule is Cc1ccc2nc(-c3ccc(N(C)C)cc3)oc2n1. The van der Waals surface area contributed by atoms with Crippen molar-refractivity contribution in [3.8, 4) is 11.5 Å². The normalized spacial score (nSPS) is 10.9. The van der Waals surface area contributed by atoms with Crippen LogP contribution in [0.5, 0.6) is 0 Å². The molecule has 3 aromatic rings. The first-order chi connectivity index (χ1) is 9.13. The highest BCUT2D eigenvalue weighted by atomic mass is 16.4. The van der Waals surface area contributed by atoms with E-state index in [0.717, 1.165) is 22.5 Å². The summed E-state index contributed by atoms with van der Waals surface area (Å²) in [5, 5.41) is 0. The first-order valence-corrected chi connectivity index (χ1v) is 6.15. The van der Waals surface area contributed by atoms with Gasteiger partial charge in [-0.15, -0.1) is 0 Å². The van der Waals surface area contributed by atoms with E-state index in [2.05, 4.69) is 14.9 Å². The van der Waals surface area contributed by atoms with E-state index in [1.54, 1.807) is 0 Å². The van der Waals surface area contributed by atoms with Crippen LogP contribution < -0.4 is 4.90 Å². The van der Waals surface area contributed by atoms with Gasteiger partial charge in [-0.25, -0.2) is 9.97 Å². The van der Waals surface area contributed by atoms with Crippen molar-refractivity contribution in [2.75, 3.05) is 19.0 Å². The molecule has 0 N–H and O–H groups in total. The number of benzene rings is 1. The van der Waals surface area contributed by atoms with Crippen LogP contribution in [0, 0.1) is 6.92 Å². The summed E-state index contributed by atoms with van der Waals surface area (Å²) in [5.74, 6) is 0.610. The third-order valence-corrected chi connectivity index (χ3v) is 3.03. The molecule has 0 fully saturated rings. The van der Waals surface area contributed by atoms with Gasteiger partial charge in [0.2, 0.25) is 11.6 Å². The number of aryl methyl sites for hydroxylation is 1. The highest BCUT2D eigenvalue weighted by Gasteiger charge is 2.09. The van der Waals surface area contributed by atoms with Crippen molar-refractivity contribution in [2.45, 2.75) is 6.92 Å². The second-order valence-corrected chi connectivity index (χ2v) is 4.74. The van der Waals surface area contributed by atoms with Crippen LogP contribution in [0.25, 0.3) is 22.7 Å². The van der Waals surface area contributed by atoms with Crippen LogP contribution in [0.4, 0.5) is 5.69 Å². The third kappa shape index (κ3) is 2.17. The van der Waals surface area contributed by atoms with Crippen molar-refractivity contribution in [2.24, 2.45) is 0 Å². The van der Waals surface area contributed by atoms with Gasteiger partial charge in [-0.1, -0.05) is 0 Å². The molecule has 3 rings (SSSR count). The maximum atomic E-state index is 5.70. The van der Waals surface area contributed by atoms with Crippen molar-refractivity contribution in [3.63, 3.8) is 0 Å². The van der Waals surface area contributed by atoms with Crippen LogP contribution in [-0.2, 0) is 0 Å².